The summed E-state index contributed by atoms with van der Waals surface area (Å²) in [5.74, 6) is 0.641. The molecule has 0 heterocycles. The van der Waals surface area contributed by atoms with Crippen LogP contribution in [0.1, 0.15) is 26.7 Å². The minimum atomic E-state index is 0.0515. The Morgan fingerprint density at radius 2 is 2.09 bits per heavy atom. The molecular weight excluding hydrogens is 138 g/mol. The van der Waals surface area contributed by atoms with E-state index in [9.17, 15) is 4.79 Å². The lowest BCUT2D eigenvalue weighted by Crippen LogP contribution is -2.18. The van der Waals surface area contributed by atoms with Gasteiger partial charge >= 0.3 is 0 Å². The van der Waals surface area contributed by atoms with Crippen LogP contribution in [0, 0.1) is 5.92 Å². The second-order valence-corrected chi connectivity index (χ2v) is 3.20. The summed E-state index contributed by atoms with van der Waals surface area (Å²) >= 11 is 0. The van der Waals surface area contributed by atoms with E-state index in [-0.39, 0.29) is 5.91 Å². The van der Waals surface area contributed by atoms with Gasteiger partial charge in [-0.3, -0.25) is 4.79 Å². The maximum atomic E-state index is 10.8. The Hall–Kier alpha value is -0.790. The fraction of sp³-hybridized carbons (Fsp3) is 0.667. The summed E-state index contributed by atoms with van der Waals surface area (Å²) < 4.78 is 0. The van der Waals surface area contributed by atoms with Crippen LogP contribution in [0.4, 0.5) is 0 Å². The zero-order valence-electron chi connectivity index (χ0n) is 7.61. The molecule has 11 heavy (non-hydrogen) atoms. The molecule has 0 fully saturated rings. The summed E-state index contributed by atoms with van der Waals surface area (Å²) in [5.41, 5.74) is 1.01. The summed E-state index contributed by atoms with van der Waals surface area (Å²) in [6.45, 7) is 8.06. The molecule has 0 saturated carbocycles. The van der Waals surface area contributed by atoms with Gasteiger partial charge in [0.05, 0.1) is 0 Å². The average molecular weight is 155 g/mol. The maximum Gasteiger partial charge on any atom is 0.223 e. The Balaban J connectivity index is 3.61. The van der Waals surface area contributed by atoms with E-state index in [1.54, 1.807) is 7.05 Å². The summed E-state index contributed by atoms with van der Waals surface area (Å²) in [5, 5.41) is 2.57. The van der Waals surface area contributed by atoms with E-state index >= 15 is 0 Å². The first-order chi connectivity index (χ1) is 5.06. The lowest BCUT2D eigenvalue weighted by Gasteiger charge is -2.06. The van der Waals surface area contributed by atoms with Gasteiger partial charge in [0.15, 0.2) is 0 Å². The van der Waals surface area contributed by atoms with Crippen LogP contribution in [0.25, 0.3) is 0 Å². The van der Waals surface area contributed by atoms with Crippen LogP contribution >= 0.6 is 0 Å². The molecule has 0 aromatic heterocycles. The van der Waals surface area contributed by atoms with Gasteiger partial charge in [0.2, 0.25) is 5.91 Å². The van der Waals surface area contributed by atoms with Crippen molar-refractivity contribution in [3.63, 3.8) is 0 Å². The normalized spacial score (nSPS) is 9.82. The predicted octanol–water partition coefficient (Wildman–Crippen LogP) is 1.72. The molecule has 0 rings (SSSR count). The Morgan fingerprint density at radius 3 is 2.45 bits per heavy atom. The number of hydrogen-bond acceptors (Lipinski definition) is 1. The largest absolute Gasteiger partial charge is 0.359 e. The third-order valence-electron chi connectivity index (χ3n) is 1.39. The Bertz CT molecular complexity index is 150. The molecule has 0 unspecified atom stereocenters. The van der Waals surface area contributed by atoms with Crippen LogP contribution in [-0.4, -0.2) is 13.0 Å². The molecule has 1 amide bonds. The van der Waals surface area contributed by atoms with E-state index < -0.39 is 0 Å². The van der Waals surface area contributed by atoms with Gasteiger partial charge in [0.25, 0.3) is 0 Å². The first-order valence-electron chi connectivity index (χ1n) is 3.93. The number of carbonyl (C=O) groups excluding carboxylic acids is 1. The van der Waals surface area contributed by atoms with Crippen molar-refractivity contribution in [1.29, 1.82) is 0 Å². The van der Waals surface area contributed by atoms with Crippen LogP contribution in [0.5, 0.6) is 0 Å². The molecule has 0 spiro atoms. The van der Waals surface area contributed by atoms with Gasteiger partial charge in [0, 0.05) is 13.5 Å². The molecule has 0 bridgehead atoms. The van der Waals surface area contributed by atoms with Crippen molar-refractivity contribution >= 4 is 5.91 Å². The predicted molar refractivity (Wildman–Crippen MR) is 47.3 cm³/mol. The second kappa shape index (κ2) is 4.94. The molecule has 0 saturated heterocycles. The minimum Gasteiger partial charge on any atom is -0.359 e. The zero-order valence-corrected chi connectivity index (χ0v) is 7.61. The van der Waals surface area contributed by atoms with Crippen molar-refractivity contribution in [3.8, 4) is 0 Å². The summed E-state index contributed by atoms with van der Waals surface area (Å²) in [4.78, 5) is 10.8. The first-order valence-corrected chi connectivity index (χ1v) is 3.93. The van der Waals surface area contributed by atoms with Gasteiger partial charge in [-0.25, -0.2) is 0 Å². The van der Waals surface area contributed by atoms with E-state index in [0.29, 0.717) is 12.3 Å². The summed E-state index contributed by atoms with van der Waals surface area (Å²) in [7, 11) is 1.64. The molecule has 2 heteroatoms. The number of carbonyl (C=O) groups is 1. The van der Waals surface area contributed by atoms with Crippen molar-refractivity contribution in [1.82, 2.24) is 5.32 Å². The highest BCUT2D eigenvalue weighted by atomic mass is 16.1. The van der Waals surface area contributed by atoms with Crippen molar-refractivity contribution in [2.75, 3.05) is 7.05 Å². The molecule has 0 radical (unpaired) electrons. The van der Waals surface area contributed by atoms with E-state index in [4.69, 9.17) is 0 Å². The minimum absolute atomic E-state index is 0.0515. The van der Waals surface area contributed by atoms with Crippen molar-refractivity contribution in [2.24, 2.45) is 5.92 Å². The molecule has 0 aromatic carbocycles. The zero-order chi connectivity index (χ0) is 8.85. The van der Waals surface area contributed by atoms with Crippen LogP contribution < -0.4 is 5.32 Å². The molecule has 0 atom stereocenters. The Labute approximate surface area is 68.7 Å². The second-order valence-electron chi connectivity index (χ2n) is 3.20. The van der Waals surface area contributed by atoms with Crippen molar-refractivity contribution < 1.29 is 4.79 Å². The number of nitrogens with one attached hydrogen (secondary N) is 1. The highest BCUT2D eigenvalue weighted by Gasteiger charge is 2.03. The van der Waals surface area contributed by atoms with Gasteiger partial charge in [-0.1, -0.05) is 26.0 Å². The van der Waals surface area contributed by atoms with Crippen molar-refractivity contribution in [3.05, 3.63) is 12.2 Å². The van der Waals surface area contributed by atoms with E-state index in [1.165, 1.54) is 0 Å². The number of rotatable bonds is 4. The smallest absolute Gasteiger partial charge is 0.223 e. The first kappa shape index (κ1) is 10.2. The number of amides is 1. The molecule has 64 valence electrons. The average Bonchev–Trinajstić information content (AvgIpc) is 1.85. The van der Waals surface area contributed by atoms with E-state index in [0.717, 1.165) is 12.0 Å². The van der Waals surface area contributed by atoms with Gasteiger partial charge in [-0.2, -0.15) is 0 Å². The highest BCUT2D eigenvalue weighted by Crippen LogP contribution is 2.11. The van der Waals surface area contributed by atoms with Crippen LogP contribution in [-0.2, 0) is 4.79 Å². The van der Waals surface area contributed by atoms with Gasteiger partial charge < -0.3 is 5.32 Å². The molecule has 0 aliphatic rings. The Kier molecular flexibility index (Phi) is 4.59. The van der Waals surface area contributed by atoms with Crippen LogP contribution in [0.2, 0.25) is 0 Å². The van der Waals surface area contributed by atoms with E-state index in [2.05, 4.69) is 25.7 Å². The fourth-order valence-corrected chi connectivity index (χ4v) is 0.965. The van der Waals surface area contributed by atoms with Gasteiger partial charge in [-0.15, -0.1) is 0 Å². The standard InChI is InChI=1S/C9H17NO/c1-7(2)5-8(3)6-9(11)10-4/h7H,3,5-6H2,1-2,4H3,(H,10,11). The van der Waals surface area contributed by atoms with Crippen LogP contribution in [0.3, 0.4) is 0 Å². The SMILES string of the molecule is C=C(CC(=O)NC)CC(C)C. The lowest BCUT2D eigenvalue weighted by atomic mass is 10.0. The molecule has 0 aromatic rings. The quantitative estimate of drug-likeness (QED) is 0.615. The molecule has 2 nitrogen and oxygen atoms in total. The van der Waals surface area contributed by atoms with Crippen LogP contribution in [0.15, 0.2) is 12.2 Å². The molecule has 1 N–H and O–H groups in total. The third-order valence-corrected chi connectivity index (χ3v) is 1.39. The molecule has 0 aliphatic heterocycles. The van der Waals surface area contributed by atoms with E-state index in [1.807, 2.05) is 0 Å². The highest BCUT2D eigenvalue weighted by molar-refractivity contribution is 5.77. The number of hydrogen-bond donors (Lipinski definition) is 1. The molecular formula is C9H17NO. The fourth-order valence-electron chi connectivity index (χ4n) is 0.965. The molecule has 0 aliphatic carbocycles. The topological polar surface area (TPSA) is 29.1 Å². The third kappa shape index (κ3) is 5.64. The monoisotopic (exact) mass is 155 g/mol. The lowest BCUT2D eigenvalue weighted by molar-refractivity contribution is -0.119. The van der Waals surface area contributed by atoms with Gasteiger partial charge in [-0.05, 0) is 12.3 Å². The summed E-state index contributed by atoms with van der Waals surface area (Å²) in [6, 6.07) is 0. The van der Waals surface area contributed by atoms with Crippen molar-refractivity contribution in [2.45, 2.75) is 26.7 Å². The summed E-state index contributed by atoms with van der Waals surface area (Å²) in [6.07, 6.45) is 1.40. The maximum absolute atomic E-state index is 10.8. The Morgan fingerprint density at radius 1 is 1.55 bits per heavy atom. The van der Waals surface area contributed by atoms with Gasteiger partial charge in [0.1, 0.15) is 0 Å².